The number of unbranched alkanes of at least 4 members (excludes halogenated alkanes) is 1. The van der Waals surface area contributed by atoms with E-state index in [-0.39, 0.29) is 5.91 Å². The van der Waals surface area contributed by atoms with Crippen molar-refractivity contribution in [1.29, 1.82) is 0 Å². The number of halogens is 1. The van der Waals surface area contributed by atoms with Crippen LogP contribution >= 0.6 is 15.9 Å². The molecule has 2 aromatic rings. The van der Waals surface area contributed by atoms with E-state index in [1.807, 2.05) is 42.5 Å². The van der Waals surface area contributed by atoms with Crippen molar-refractivity contribution in [2.75, 3.05) is 6.54 Å². The highest BCUT2D eigenvalue weighted by molar-refractivity contribution is 9.10. The van der Waals surface area contributed by atoms with E-state index in [2.05, 4.69) is 39.6 Å². The number of amides is 1. The summed E-state index contributed by atoms with van der Waals surface area (Å²) < 4.78 is 1.12. The van der Waals surface area contributed by atoms with E-state index < -0.39 is 0 Å². The fourth-order valence-corrected chi connectivity index (χ4v) is 2.66. The second-order valence-corrected chi connectivity index (χ2v) is 6.36. The lowest BCUT2D eigenvalue weighted by molar-refractivity contribution is 0.0953. The van der Waals surface area contributed by atoms with Crippen molar-refractivity contribution in [2.45, 2.75) is 32.9 Å². The van der Waals surface area contributed by atoms with Crippen molar-refractivity contribution in [3.63, 3.8) is 0 Å². The monoisotopic (exact) mass is 374 g/mol. The molecule has 0 atom stereocenters. The zero-order valence-electron chi connectivity index (χ0n) is 13.4. The zero-order valence-corrected chi connectivity index (χ0v) is 15.0. The molecule has 0 aromatic heterocycles. The average molecular weight is 375 g/mol. The molecule has 0 aliphatic carbocycles. The van der Waals surface area contributed by atoms with Gasteiger partial charge in [-0.1, -0.05) is 59.6 Å². The van der Waals surface area contributed by atoms with Crippen LogP contribution in [0, 0.1) is 0 Å². The van der Waals surface area contributed by atoms with Crippen molar-refractivity contribution >= 4 is 21.8 Å². The minimum Gasteiger partial charge on any atom is -0.352 e. The molecule has 2 N–H and O–H groups in total. The van der Waals surface area contributed by atoms with Crippen LogP contribution in [0.5, 0.6) is 0 Å². The molecule has 0 saturated heterocycles. The van der Waals surface area contributed by atoms with Crippen molar-refractivity contribution in [3.05, 3.63) is 69.7 Å². The summed E-state index contributed by atoms with van der Waals surface area (Å²) in [6.07, 6.45) is 2.10. The molecule has 4 heteroatoms. The number of rotatable bonds is 8. The normalized spacial score (nSPS) is 10.5. The first-order chi connectivity index (χ1) is 11.2. The predicted molar refractivity (Wildman–Crippen MR) is 98.4 cm³/mol. The highest BCUT2D eigenvalue weighted by Crippen LogP contribution is 2.15. The molecule has 0 aliphatic heterocycles. The maximum Gasteiger partial charge on any atom is 0.251 e. The van der Waals surface area contributed by atoms with Gasteiger partial charge in [0.2, 0.25) is 0 Å². The number of benzene rings is 2. The molecule has 0 saturated carbocycles. The van der Waals surface area contributed by atoms with Crippen LogP contribution in [0.15, 0.2) is 53.0 Å². The summed E-state index contributed by atoms with van der Waals surface area (Å²) in [5.74, 6) is 0.00572. The molecule has 0 bridgehead atoms. The topological polar surface area (TPSA) is 41.1 Å². The van der Waals surface area contributed by atoms with Crippen LogP contribution in [0.2, 0.25) is 0 Å². The summed E-state index contributed by atoms with van der Waals surface area (Å²) in [7, 11) is 0. The van der Waals surface area contributed by atoms with Gasteiger partial charge in [0.05, 0.1) is 0 Å². The predicted octanol–water partition coefficient (Wildman–Crippen LogP) is 4.27. The van der Waals surface area contributed by atoms with Crippen LogP contribution < -0.4 is 10.6 Å². The Morgan fingerprint density at radius 3 is 2.48 bits per heavy atom. The maximum atomic E-state index is 11.9. The van der Waals surface area contributed by atoms with E-state index >= 15 is 0 Å². The lowest BCUT2D eigenvalue weighted by Gasteiger charge is -2.08. The summed E-state index contributed by atoms with van der Waals surface area (Å²) >= 11 is 3.55. The lowest BCUT2D eigenvalue weighted by atomic mass is 10.1. The number of carbonyl (C=O) groups is 1. The number of nitrogens with one attached hydrogen (secondary N) is 2. The first-order valence-corrected chi connectivity index (χ1v) is 8.81. The van der Waals surface area contributed by atoms with E-state index in [0.717, 1.165) is 42.5 Å². The molecule has 122 valence electrons. The Morgan fingerprint density at radius 2 is 1.78 bits per heavy atom. The van der Waals surface area contributed by atoms with Crippen molar-refractivity contribution in [1.82, 2.24) is 10.6 Å². The van der Waals surface area contributed by atoms with Crippen molar-refractivity contribution in [3.8, 4) is 0 Å². The number of hydrogen-bond donors (Lipinski definition) is 2. The Bertz CT molecular complexity index is 626. The fraction of sp³-hybridized carbons (Fsp3) is 0.316. The Labute approximate surface area is 146 Å². The van der Waals surface area contributed by atoms with Gasteiger partial charge >= 0.3 is 0 Å². The Hall–Kier alpha value is -1.65. The van der Waals surface area contributed by atoms with Gasteiger partial charge in [0.25, 0.3) is 5.91 Å². The summed E-state index contributed by atoms with van der Waals surface area (Å²) in [5.41, 5.74) is 3.12. The molecule has 0 aliphatic rings. The second kappa shape index (κ2) is 9.48. The highest BCUT2D eigenvalue weighted by Gasteiger charge is 2.04. The third-order valence-electron chi connectivity index (χ3n) is 3.63. The Morgan fingerprint density at radius 1 is 1.04 bits per heavy atom. The van der Waals surface area contributed by atoms with Crippen molar-refractivity contribution < 1.29 is 4.79 Å². The van der Waals surface area contributed by atoms with E-state index in [0.29, 0.717) is 0 Å². The molecular formula is C19H23BrN2O. The third kappa shape index (κ3) is 5.81. The van der Waals surface area contributed by atoms with Crippen LogP contribution in [-0.4, -0.2) is 12.5 Å². The molecule has 0 heterocycles. The maximum absolute atomic E-state index is 11.9. The smallest absolute Gasteiger partial charge is 0.251 e. The Kier molecular flexibility index (Phi) is 7.30. The van der Waals surface area contributed by atoms with Crippen LogP contribution in [0.25, 0.3) is 0 Å². The molecule has 2 aromatic carbocycles. The first-order valence-electron chi connectivity index (χ1n) is 8.02. The van der Waals surface area contributed by atoms with E-state index in [9.17, 15) is 4.79 Å². The van der Waals surface area contributed by atoms with E-state index in [1.54, 1.807) is 0 Å². The quantitative estimate of drug-likeness (QED) is 0.677. The van der Waals surface area contributed by atoms with Gasteiger partial charge in [-0.15, -0.1) is 0 Å². The molecule has 0 spiro atoms. The zero-order chi connectivity index (χ0) is 16.5. The molecule has 1 amide bonds. The van der Waals surface area contributed by atoms with Crippen LogP contribution in [0.3, 0.4) is 0 Å². The molecular weight excluding hydrogens is 352 g/mol. The van der Waals surface area contributed by atoms with Crippen molar-refractivity contribution in [2.24, 2.45) is 0 Å². The summed E-state index contributed by atoms with van der Waals surface area (Å²) in [6, 6.07) is 16.0. The molecule has 0 radical (unpaired) electrons. The highest BCUT2D eigenvalue weighted by atomic mass is 79.9. The molecule has 0 unspecified atom stereocenters. The number of hydrogen-bond acceptors (Lipinski definition) is 2. The fourth-order valence-electron chi connectivity index (χ4n) is 2.24. The molecule has 0 fully saturated rings. The van der Waals surface area contributed by atoms with Gasteiger partial charge in [-0.25, -0.2) is 0 Å². The van der Waals surface area contributed by atoms with Crippen LogP contribution in [0.4, 0.5) is 0 Å². The second-order valence-electron chi connectivity index (χ2n) is 5.50. The van der Waals surface area contributed by atoms with Gasteiger partial charge < -0.3 is 10.6 Å². The van der Waals surface area contributed by atoms with Gasteiger partial charge in [-0.2, -0.15) is 0 Å². The summed E-state index contributed by atoms with van der Waals surface area (Å²) in [6.45, 7) is 4.44. The molecule has 2 rings (SSSR count). The largest absolute Gasteiger partial charge is 0.352 e. The van der Waals surface area contributed by atoms with Gasteiger partial charge in [-0.05, 0) is 35.7 Å². The van der Waals surface area contributed by atoms with E-state index in [4.69, 9.17) is 0 Å². The van der Waals surface area contributed by atoms with Gasteiger partial charge in [0, 0.05) is 29.7 Å². The summed E-state index contributed by atoms with van der Waals surface area (Å²) in [4.78, 5) is 11.9. The minimum atomic E-state index is 0.00572. The van der Waals surface area contributed by atoms with Gasteiger partial charge in [0.1, 0.15) is 0 Å². The molecule has 3 nitrogen and oxygen atoms in total. The third-order valence-corrected chi connectivity index (χ3v) is 4.41. The van der Waals surface area contributed by atoms with Gasteiger partial charge in [0.15, 0.2) is 0 Å². The van der Waals surface area contributed by atoms with Gasteiger partial charge in [-0.3, -0.25) is 4.79 Å². The van der Waals surface area contributed by atoms with E-state index in [1.165, 1.54) is 11.1 Å². The standard InChI is InChI=1S/C19H23BrN2O/c1-2-3-12-22-19(23)16-10-8-15(9-11-16)13-21-14-17-6-4-5-7-18(17)20/h4-11,21H,2-3,12-14H2,1H3,(H,22,23). The SMILES string of the molecule is CCCCNC(=O)c1ccc(CNCc2ccccc2Br)cc1. The first kappa shape index (κ1) is 17.7. The Balaban J connectivity index is 1.81. The van der Waals surface area contributed by atoms with Crippen LogP contribution in [-0.2, 0) is 13.1 Å². The average Bonchev–Trinajstić information content (AvgIpc) is 2.57. The minimum absolute atomic E-state index is 0.00572. The molecule has 23 heavy (non-hydrogen) atoms. The summed E-state index contributed by atoms with van der Waals surface area (Å²) in [5, 5.41) is 6.35. The number of carbonyl (C=O) groups excluding carboxylic acids is 1. The lowest BCUT2D eigenvalue weighted by Crippen LogP contribution is -2.24. The van der Waals surface area contributed by atoms with Crippen LogP contribution in [0.1, 0.15) is 41.3 Å².